The van der Waals surface area contributed by atoms with Crippen molar-refractivity contribution in [2.24, 2.45) is 0 Å². The van der Waals surface area contributed by atoms with Gasteiger partial charge in [-0.25, -0.2) is 4.79 Å². The molecule has 0 unspecified atom stereocenters. The van der Waals surface area contributed by atoms with Gasteiger partial charge in [0.25, 0.3) is 5.91 Å². The molecular formula is C25H28ClN3O5S. The summed E-state index contributed by atoms with van der Waals surface area (Å²) in [5.74, 6) is -0.214. The Bertz CT molecular complexity index is 1180. The van der Waals surface area contributed by atoms with Gasteiger partial charge in [-0.2, -0.15) is 0 Å². The van der Waals surface area contributed by atoms with Crippen LogP contribution in [0, 0.1) is 6.92 Å². The molecule has 10 heteroatoms. The molecular weight excluding hydrogens is 490 g/mol. The van der Waals surface area contributed by atoms with Gasteiger partial charge in [0.15, 0.2) is 22.7 Å². The Hall–Kier alpha value is -3.30. The van der Waals surface area contributed by atoms with E-state index in [-0.39, 0.29) is 18.3 Å². The minimum Gasteiger partial charge on any atom is -0.493 e. The highest BCUT2D eigenvalue weighted by atomic mass is 35.5. The zero-order valence-electron chi connectivity index (χ0n) is 20.2. The number of carbonyl (C=O) groups excluding carboxylic acids is 2. The average Bonchev–Trinajstić information content (AvgIpc) is 2.78. The minimum atomic E-state index is -0.867. The van der Waals surface area contributed by atoms with Crippen LogP contribution in [0.2, 0.25) is 5.02 Å². The topological polar surface area (TPSA) is 97.9 Å². The fourth-order valence-electron chi connectivity index (χ4n) is 3.67. The number of thiocarbonyl (C=S) groups is 1. The van der Waals surface area contributed by atoms with Crippen LogP contribution in [-0.2, 0) is 14.3 Å². The molecule has 2 aromatic rings. The summed E-state index contributed by atoms with van der Waals surface area (Å²) in [4.78, 5) is 25.4. The largest absolute Gasteiger partial charge is 0.493 e. The van der Waals surface area contributed by atoms with Crippen molar-refractivity contribution in [2.75, 3.05) is 19.0 Å². The zero-order chi connectivity index (χ0) is 25.7. The smallest absolute Gasteiger partial charge is 0.347 e. The third-order valence-corrected chi connectivity index (χ3v) is 5.85. The van der Waals surface area contributed by atoms with Gasteiger partial charge < -0.3 is 30.2 Å². The van der Waals surface area contributed by atoms with Gasteiger partial charge in [-0.15, -0.1) is 0 Å². The molecule has 0 aliphatic carbocycles. The highest BCUT2D eigenvalue weighted by Crippen LogP contribution is 2.40. The second kappa shape index (κ2) is 11.4. The van der Waals surface area contributed by atoms with Crippen molar-refractivity contribution in [3.8, 4) is 11.5 Å². The number of halogens is 1. The summed E-state index contributed by atoms with van der Waals surface area (Å²) in [6, 6.07) is 10.1. The Morgan fingerprint density at radius 1 is 1.20 bits per heavy atom. The quantitative estimate of drug-likeness (QED) is 0.350. The molecule has 0 spiro atoms. The first-order chi connectivity index (χ1) is 16.6. The van der Waals surface area contributed by atoms with Crippen LogP contribution in [0.5, 0.6) is 11.5 Å². The first kappa shape index (κ1) is 26.3. The van der Waals surface area contributed by atoms with E-state index in [1.165, 1.54) is 7.11 Å². The number of carbonyl (C=O) groups is 2. The number of methoxy groups -OCH3 is 1. The number of hydrogen-bond donors (Lipinski definition) is 3. The van der Waals surface area contributed by atoms with E-state index in [1.54, 1.807) is 32.9 Å². The van der Waals surface area contributed by atoms with Crippen molar-refractivity contribution < 1.29 is 23.8 Å². The lowest BCUT2D eigenvalue weighted by Crippen LogP contribution is -2.45. The lowest BCUT2D eigenvalue weighted by molar-refractivity contribution is -0.150. The molecule has 1 aliphatic rings. The third kappa shape index (κ3) is 6.23. The molecule has 1 aliphatic heterocycles. The molecule has 0 saturated carbocycles. The summed E-state index contributed by atoms with van der Waals surface area (Å²) in [5.41, 5.74) is 3.25. The van der Waals surface area contributed by atoms with E-state index >= 15 is 0 Å². The fourth-order valence-corrected chi connectivity index (χ4v) is 4.20. The van der Waals surface area contributed by atoms with Crippen LogP contribution in [0.15, 0.2) is 47.7 Å². The number of rotatable bonds is 8. The molecule has 0 radical (unpaired) electrons. The standard InChI is InChI=1S/C25H28ClN3O5S/c1-6-33-24(31)15(4)34-20-12-18(26)17(11-19(20)32-5)22-21(14(3)27-25(35)29-22)23(30)28-16-9-7-8-13(2)10-16/h7-12,15,22H,6H2,1-5H3,(H,28,30)(H2,27,29,35)/t15-,22+/m0/s1. The number of nitrogens with one attached hydrogen (secondary N) is 3. The average molecular weight is 518 g/mol. The Labute approximate surface area is 215 Å². The maximum atomic E-state index is 13.4. The summed E-state index contributed by atoms with van der Waals surface area (Å²) >= 11 is 12.0. The predicted octanol–water partition coefficient (Wildman–Crippen LogP) is 4.42. The van der Waals surface area contributed by atoms with E-state index in [4.69, 9.17) is 38.0 Å². The van der Waals surface area contributed by atoms with Gasteiger partial charge in [0.2, 0.25) is 0 Å². The zero-order valence-corrected chi connectivity index (χ0v) is 21.7. The van der Waals surface area contributed by atoms with Gasteiger partial charge >= 0.3 is 5.97 Å². The number of anilines is 1. The molecule has 186 valence electrons. The summed E-state index contributed by atoms with van der Waals surface area (Å²) in [7, 11) is 1.47. The van der Waals surface area contributed by atoms with Crippen LogP contribution in [0.1, 0.15) is 37.9 Å². The summed E-state index contributed by atoms with van der Waals surface area (Å²) in [5, 5.41) is 9.72. The summed E-state index contributed by atoms with van der Waals surface area (Å²) in [6.45, 7) is 7.25. The van der Waals surface area contributed by atoms with E-state index in [2.05, 4.69) is 16.0 Å². The number of amides is 1. The SMILES string of the molecule is CCOC(=O)[C@H](C)Oc1cc(Cl)c([C@H]2NC(=S)NC(C)=C2C(=O)Nc2cccc(C)c2)cc1OC. The molecule has 1 amide bonds. The van der Waals surface area contributed by atoms with Crippen LogP contribution in [0.4, 0.5) is 5.69 Å². The number of allylic oxidation sites excluding steroid dienone is 1. The number of esters is 1. The summed E-state index contributed by atoms with van der Waals surface area (Å²) < 4.78 is 16.2. The van der Waals surface area contributed by atoms with E-state index in [0.29, 0.717) is 38.4 Å². The molecule has 8 nitrogen and oxygen atoms in total. The van der Waals surface area contributed by atoms with Crippen molar-refractivity contribution in [3.63, 3.8) is 0 Å². The minimum absolute atomic E-state index is 0.240. The molecule has 0 aromatic heterocycles. The van der Waals surface area contributed by atoms with Crippen LogP contribution in [-0.4, -0.2) is 36.8 Å². The molecule has 0 fully saturated rings. The van der Waals surface area contributed by atoms with Crippen LogP contribution in [0.25, 0.3) is 0 Å². The second-order valence-electron chi connectivity index (χ2n) is 7.93. The monoisotopic (exact) mass is 517 g/mol. The summed E-state index contributed by atoms with van der Waals surface area (Å²) in [6.07, 6.45) is -0.867. The van der Waals surface area contributed by atoms with Gasteiger partial charge in [0, 0.05) is 23.0 Å². The Kier molecular flexibility index (Phi) is 8.58. The van der Waals surface area contributed by atoms with Crippen molar-refractivity contribution in [1.29, 1.82) is 0 Å². The molecule has 3 N–H and O–H groups in total. The maximum absolute atomic E-state index is 13.4. The normalized spacial score (nSPS) is 16.1. The molecule has 1 heterocycles. The molecule has 0 saturated heterocycles. The van der Waals surface area contributed by atoms with Crippen LogP contribution >= 0.6 is 23.8 Å². The van der Waals surface area contributed by atoms with E-state index in [9.17, 15) is 9.59 Å². The van der Waals surface area contributed by atoms with Crippen molar-refractivity contribution in [3.05, 3.63) is 63.8 Å². The van der Waals surface area contributed by atoms with Crippen molar-refractivity contribution in [2.45, 2.75) is 39.8 Å². The van der Waals surface area contributed by atoms with Gasteiger partial charge in [-0.3, -0.25) is 4.79 Å². The molecule has 2 aromatic carbocycles. The first-order valence-corrected chi connectivity index (χ1v) is 11.8. The van der Waals surface area contributed by atoms with Crippen molar-refractivity contribution >= 4 is 46.5 Å². The Morgan fingerprint density at radius 3 is 2.60 bits per heavy atom. The number of hydrogen-bond acceptors (Lipinski definition) is 6. The van der Waals surface area contributed by atoms with Crippen molar-refractivity contribution in [1.82, 2.24) is 10.6 Å². The maximum Gasteiger partial charge on any atom is 0.347 e. The molecule has 0 bridgehead atoms. The highest BCUT2D eigenvalue weighted by Gasteiger charge is 2.32. The Balaban J connectivity index is 1.97. The van der Waals surface area contributed by atoms with Crippen LogP contribution in [0.3, 0.4) is 0 Å². The number of ether oxygens (including phenoxy) is 3. The van der Waals surface area contributed by atoms with E-state index in [0.717, 1.165) is 5.56 Å². The van der Waals surface area contributed by atoms with Gasteiger partial charge in [-0.1, -0.05) is 23.7 Å². The highest BCUT2D eigenvalue weighted by molar-refractivity contribution is 7.80. The number of aryl methyl sites for hydroxylation is 1. The first-order valence-electron chi connectivity index (χ1n) is 11.0. The van der Waals surface area contributed by atoms with Gasteiger partial charge in [0.05, 0.1) is 30.4 Å². The predicted molar refractivity (Wildman–Crippen MR) is 139 cm³/mol. The molecule has 2 atom stereocenters. The third-order valence-electron chi connectivity index (χ3n) is 5.31. The van der Waals surface area contributed by atoms with Crippen LogP contribution < -0.4 is 25.4 Å². The fraction of sp³-hybridized carbons (Fsp3) is 0.320. The molecule has 35 heavy (non-hydrogen) atoms. The van der Waals surface area contributed by atoms with E-state index < -0.39 is 18.1 Å². The lowest BCUT2D eigenvalue weighted by Gasteiger charge is -2.31. The molecule has 3 rings (SSSR count). The van der Waals surface area contributed by atoms with Gasteiger partial charge in [0.1, 0.15) is 0 Å². The lowest BCUT2D eigenvalue weighted by atomic mass is 9.94. The number of benzene rings is 2. The Morgan fingerprint density at radius 2 is 1.94 bits per heavy atom. The second-order valence-corrected chi connectivity index (χ2v) is 8.75. The van der Waals surface area contributed by atoms with Gasteiger partial charge in [-0.05, 0) is 63.7 Å². The van der Waals surface area contributed by atoms with E-state index in [1.807, 2.05) is 31.2 Å².